The Morgan fingerprint density at radius 1 is 1.32 bits per heavy atom. The number of nitrogens with two attached hydrogens (primary N) is 1. The van der Waals surface area contributed by atoms with E-state index in [-0.39, 0.29) is 5.69 Å². The number of benzene rings is 1. The van der Waals surface area contributed by atoms with Crippen molar-refractivity contribution in [2.24, 2.45) is 5.84 Å². The van der Waals surface area contributed by atoms with Crippen molar-refractivity contribution in [2.75, 3.05) is 12.4 Å². The molecule has 0 bridgehead atoms. The summed E-state index contributed by atoms with van der Waals surface area (Å²) in [7, 11) is 1.50. The Kier molecular flexibility index (Phi) is 5.05. The van der Waals surface area contributed by atoms with Crippen LogP contribution >= 0.6 is 0 Å². The van der Waals surface area contributed by atoms with E-state index < -0.39 is 11.8 Å². The molecule has 1 heterocycles. The average Bonchev–Trinajstić information content (AvgIpc) is 2.54. The number of halogens is 1. The first-order valence-corrected chi connectivity index (χ1v) is 6.39. The van der Waals surface area contributed by atoms with E-state index >= 15 is 0 Å². The number of methoxy groups -OCH3 is 1. The number of amides is 2. The van der Waals surface area contributed by atoms with E-state index in [9.17, 15) is 9.18 Å². The van der Waals surface area contributed by atoms with E-state index in [0.717, 1.165) is 0 Å². The molecule has 2 rings (SSSR count). The summed E-state index contributed by atoms with van der Waals surface area (Å²) in [6, 6.07) is 7.35. The van der Waals surface area contributed by atoms with Crippen LogP contribution in [0.1, 0.15) is 11.3 Å². The van der Waals surface area contributed by atoms with E-state index in [0.29, 0.717) is 17.0 Å². The lowest BCUT2D eigenvalue weighted by Gasteiger charge is -2.11. The molecule has 1 aromatic heterocycles. The Morgan fingerprint density at radius 3 is 2.82 bits per heavy atom. The zero-order valence-corrected chi connectivity index (χ0v) is 11.8. The number of hydrogen-bond donors (Lipinski definition) is 3. The van der Waals surface area contributed by atoms with Gasteiger partial charge in [0.1, 0.15) is 11.6 Å². The summed E-state index contributed by atoms with van der Waals surface area (Å²) in [4.78, 5) is 15.3. The molecule has 0 fully saturated rings. The largest absolute Gasteiger partial charge is 0.496 e. The van der Waals surface area contributed by atoms with Crippen molar-refractivity contribution in [3.63, 3.8) is 0 Å². The molecule has 2 aromatic rings. The number of nitrogens with one attached hydrogen (secondary N) is 2. The summed E-state index contributed by atoms with van der Waals surface area (Å²) in [6.07, 6.45) is 4.60. The van der Waals surface area contributed by atoms with E-state index in [4.69, 9.17) is 10.6 Å². The van der Waals surface area contributed by atoms with Crippen LogP contribution in [0.25, 0.3) is 12.2 Å². The molecular formula is C15H15FN4O2. The first-order valence-electron chi connectivity index (χ1n) is 6.39. The number of nitrogens with zero attached hydrogens (tertiary/aromatic N) is 1. The van der Waals surface area contributed by atoms with Gasteiger partial charge in [-0.05, 0) is 36.4 Å². The minimum atomic E-state index is -0.577. The molecule has 2 amide bonds. The smallest absolute Gasteiger partial charge is 0.333 e. The van der Waals surface area contributed by atoms with Crippen LogP contribution in [0.4, 0.5) is 14.9 Å². The zero-order chi connectivity index (χ0) is 15.9. The minimum Gasteiger partial charge on any atom is -0.496 e. The van der Waals surface area contributed by atoms with Gasteiger partial charge in [0.2, 0.25) is 0 Å². The molecule has 0 saturated heterocycles. The van der Waals surface area contributed by atoms with Crippen LogP contribution in [0.5, 0.6) is 5.75 Å². The lowest BCUT2D eigenvalue weighted by atomic mass is 10.1. The van der Waals surface area contributed by atoms with E-state index in [2.05, 4.69) is 10.3 Å². The molecule has 7 heteroatoms. The van der Waals surface area contributed by atoms with Crippen LogP contribution in [-0.4, -0.2) is 18.1 Å². The molecule has 0 aliphatic carbocycles. The summed E-state index contributed by atoms with van der Waals surface area (Å²) in [6.45, 7) is 0. The number of pyridine rings is 1. The predicted molar refractivity (Wildman–Crippen MR) is 82.5 cm³/mol. The summed E-state index contributed by atoms with van der Waals surface area (Å²) in [5, 5.41) is 2.57. The maximum Gasteiger partial charge on any atom is 0.333 e. The number of anilines is 1. The van der Waals surface area contributed by atoms with Gasteiger partial charge in [-0.25, -0.2) is 15.0 Å². The monoisotopic (exact) mass is 302 g/mol. The van der Waals surface area contributed by atoms with E-state index in [1.807, 2.05) is 5.43 Å². The van der Waals surface area contributed by atoms with Crippen LogP contribution in [0.2, 0.25) is 0 Å². The normalized spacial score (nSPS) is 10.5. The number of hydrogen-bond acceptors (Lipinski definition) is 4. The molecule has 0 unspecified atom stereocenters. The van der Waals surface area contributed by atoms with Gasteiger partial charge >= 0.3 is 6.03 Å². The van der Waals surface area contributed by atoms with E-state index in [1.165, 1.54) is 31.5 Å². The maximum absolute atomic E-state index is 13.6. The highest BCUT2D eigenvalue weighted by molar-refractivity contribution is 5.93. The van der Waals surface area contributed by atoms with Crippen molar-refractivity contribution < 1.29 is 13.9 Å². The fourth-order valence-electron chi connectivity index (χ4n) is 1.84. The Labute approximate surface area is 126 Å². The fraction of sp³-hybridized carbons (Fsp3) is 0.0667. The molecule has 0 saturated carbocycles. The van der Waals surface area contributed by atoms with Crippen LogP contribution in [0.3, 0.4) is 0 Å². The third kappa shape index (κ3) is 3.58. The van der Waals surface area contributed by atoms with E-state index in [1.54, 1.807) is 24.3 Å². The topological polar surface area (TPSA) is 89.3 Å². The van der Waals surface area contributed by atoms with Crippen LogP contribution < -0.4 is 21.3 Å². The minimum absolute atomic E-state index is 0.183. The lowest BCUT2D eigenvalue weighted by molar-refractivity contribution is 0.252. The zero-order valence-electron chi connectivity index (χ0n) is 11.8. The number of rotatable bonds is 4. The highest BCUT2D eigenvalue weighted by Crippen LogP contribution is 2.28. The first kappa shape index (κ1) is 15.5. The molecule has 0 spiro atoms. The first-order chi connectivity index (χ1) is 10.7. The number of urea groups is 1. The molecule has 4 N–H and O–H groups in total. The summed E-state index contributed by atoms with van der Waals surface area (Å²) < 4.78 is 18.9. The lowest BCUT2D eigenvalue weighted by Crippen LogP contribution is -2.34. The second-order valence-electron chi connectivity index (χ2n) is 4.22. The molecule has 114 valence electrons. The van der Waals surface area contributed by atoms with Gasteiger partial charge in [0.25, 0.3) is 0 Å². The number of aromatic nitrogens is 1. The Morgan fingerprint density at radius 2 is 2.14 bits per heavy atom. The molecule has 6 nitrogen and oxygen atoms in total. The van der Waals surface area contributed by atoms with Crippen molar-refractivity contribution in [3.05, 3.63) is 53.6 Å². The van der Waals surface area contributed by atoms with Crippen molar-refractivity contribution in [2.45, 2.75) is 0 Å². The van der Waals surface area contributed by atoms with Gasteiger partial charge in [-0.3, -0.25) is 10.4 Å². The summed E-state index contributed by atoms with van der Waals surface area (Å²) in [5.41, 5.74) is 3.19. The average molecular weight is 302 g/mol. The van der Waals surface area contributed by atoms with Gasteiger partial charge < -0.3 is 10.1 Å². The summed E-state index contributed by atoms with van der Waals surface area (Å²) in [5.74, 6) is 5.13. The van der Waals surface area contributed by atoms with Crippen molar-refractivity contribution >= 4 is 23.9 Å². The molecule has 0 radical (unpaired) electrons. The number of hydrazine groups is 1. The molecule has 0 atom stereocenters. The van der Waals surface area contributed by atoms with Crippen LogP contribution in [-0.2, 0) is 0 Å². The Bertz CT molecular complexity index is 704. The number of carbonyl (C=O) groups excluding carboxylic acids is 1. The third-order valence-corrected chi connectivity index (χ3v) is 2.86. The highest BCUT2D eigenvalue weighted by Gasteiger charge is 2.09. The standard InChI is InChI=1S/C15H15FN4O2/c1-22-14-6-2-5-12(19-15(21)20-17)10(14)7-8-13-11(16)4-3-9-18-13/h2-9H,17H2,1H3,(H2,19,20,21)/b8-7+. The highest BCUT2D eigenvalue weighted by atomic mass is 19.1. The van der Waals surface area contributed by atoms with Crippen LogP contribution in [0.15, 0.2) is 36.5 Å². The Hall–Kier alpha value is -2.93. The van der Waals surface area contributed by atoms with Gasteiger partial charge in [-0.2, -0.15) is 0 Å². The van der Waals surface area contributed by atoms with Crippen molar-refractivity contribution in [1.29, 1.82) is 0 Å². The van der Waals surface area contributed by atoms with Gasteiger partial charge in [0, 0.05) is 11.8 Å². The maximum atomic E-state index is 13.6. The Balaban J connectivity index is 2.40. The van der Waals surface area contributed by atoms with Gasteiger partial charge in [0.15, 0.2) is 0 Å². The predicted octanol–water partition coefficient (Wildman–Crippen LogP) is 2.39. The SMILES string of the molecule is COc1cccc(NC(=O)NN)c1/C=C/c1ncccc1F. The van der Waals surface area contributed by atoms with Gasteiger partial charge in [-0.15, -0.1) is 0 Å². The molecule has 0 aliphatic heterocycles. The molecule has 1 aromatic carbocycles. The second kappa shape index (κ2) is 7.19. The molecule has 0 aliphatic rings. The van der Waals surface area contributed by atoms with Crippen LogP contribution in [0, 0.1) is 5.82 Å². The number of carbonyl (C=O) groups is 1. The van der Waals surface area contributed by atoms with Crippen molar-refractivity contribution in [1.82, 2.24) is 10.4 Å². The fourth-order valence-corrected chi connectivity index (χ4v) is 1.84. The summed E-state index contributed by atoms with van der Waals surface area (Å²) >= 11 is 0. The molecular weight excluding hydrogens is 287 g/mol. The quantitative estimate of drug-likeness (QED) is 0.459. The molecule has 22 heavy (non-hydrogen) atoms. The van der Waals surface area contributed by atoms with Gasteiger partial charge in [0.05, 0.1) is 18.5 Å². The van der Waals surface area contributed by atoms with Crippen molar-refractivity contribution in [3.8, 4) is 5.75 Å². The van der Waals surface area contributed by atoms with Gasteiger partial charge in [-0.1, -0.05) is 6.07 Å². The third-order valence-electron chi connectivity index (χ3n) is 2.86. The second-order valence-corrected chi connectivity index (χ2v) is 4.22. The number of ether oxygens (including phenoxy) is 1.